The van der Waals surface area contributed by atoms with E-state index in [4.69, 9.17) is 0 Å². The molecule has 1 atom stereocenters. The molecule has 1 aromatic carbocycles. The molecule has 26 heavy (non-hydrogen) atoms. The summed E-state index contributed by atoms with van der Waals surface area (Å²) in [5, 5.41) is 3.34. The Labute approximate surface area is 156 Å². The molecule has 1 N–H and O–H groups in total. The number of carbonyl (C=O) groups is 2. The van der Waals surface area contributed by atoms with E-state index in [1.807, 2.05) is 23.1 Å². The summed E-state index contributed by atoms with van der Waals surface area (Å²) in [5.74, 6) is 0.248. The van der Waals surface area contributed by atoms with Crippen molar-refractivity contribution >= 4 is 11.8 Å². The molecule has 4 rings (SSSR count). The van der Waals surface area contributed by atoms with Crippen LogP contribution in [-0.4, -0.2) is 28.3 Å². The lowest BCUT2D eigenvalue weighted by Crippen LogP contribution is -2.67. The van der Waals surface area contributed by atoms with Gasteiger partial charge < -0.3 is 10.2 Å². The Kier molecular flexibility index (Phi) is 5.01. The van der Waals surface area contributed by atoms with Gasteiger partial charge in [-0.15, -0.1) is 0 Å². The van der Waals surface area contributed by atoms with Gasteiger partial charge in [0.2, 0.25) is 11.8 Å². The van der Waals surface area contributed by atoms with Gasteiger partial charge in [0.05, 0.1) is 12.5 Å². The monoisotopic (exact) mass is 354 g/mol. The van der Waals surface area contributed by atoms with Crippen molar-refractivity contribution < 1.29 is 9.59 Å². The van der Waals surface area contributed by atoms with Crippen LogP contribution >= 0.6 is 0 Å². The van der Waals surface area contributed by atoms with Crippen LogP contribution in [0.25, 0.3) is 0 Å². The van der Waals surface area contributed by atoms with Crippen molar-refractivity contribution in [1.82, 2.24) is 10.2 Å². The Morgan fingerprint density at radius 1 is 0.962 bits per heavy atom. The number of rotatable bonds is 4. The van der Waals surface area contributed by atoms with Gasteiger partial charge >= 0.3 is 0 Å². The molecule has 1 unspecified atom stereocenters. The van der Waals surface area contributed by atoms with Crippen LogP contribution in [0.15, 0.2) is 30.3 Å². The summed E-state index contributed by atoms with van der Waals surface area (Å²) in [6.07, 6.45) is 11.2. The van der Waals surface area contributed by atoms with Gasteiger partial charge in [-0.05, 0) is 31.2 Å². The summed E-state index contributed by atoms with van der Waals surface area (Å²) >= 11 is 0. The zero-order chi connectivity index (χ0) is 18.0. The lowest BCUT2D eigenvalue weighted by Gasteiger charge is -2.54. The van der Waals surface area contributed by atoms with Crippen molar-refractivity contribution in [2.75, 3.05) is 0 Å². The zero-order valence-electron chi connectivity index (χ0n) is 15.6. The van der Waals surface area contributed by atoms with Crippen molar-refractivity contribution in [3.63, 3.8) is 0 Å². The summed E-state index contributed by atoms with van der Waals surface area (Å²) in [7, 11) is 0. The Hall–Kier alpha value is -1.84. The molecule has 4 nitrogen and oxygen atoms in total. The molecule has 3 aliphatic rings. The minimum absolute atomic E-state index is 0.0545. The van der Waals surface area contributed by atoms with Crippen LogP contribution in [0.2, 0.25) is 0 Å². The summed E-state index contributed by atoms with van der Waals surface area (Å²) < 4.78 is 0. The van der Waals surface area contributed by atoms with E-state index in [2.05, 4.69) is 17.4 Å². The number of nitrogens with one attached hydrogen (secondary N) is 1. The third-order valence-corrected chi connectivity index (χ3v) is 6.64. The predicted molar refractivity (Wildman–Crippen MR) is 101 cm³/mol. The molecule has 0 radical (unpaired) electrons. The number of nitrogens with zero attached hydrogens (tertiary/aromatic N) is 1. The number of carbonyl (C=O) groups excluding carboxylic acids is 2. The molecule has 140 valence electrons. The first-order chi connectivity index (χ1) is 12.7. The molecule has 1 aliphatic heterocycles. The van der Waals surface area contributed by atoms with Gasteiger partial charge in [-0.25, -0.2) is 0 Å². The molecule has 0 bridgehead atoms. The number of β-lactam (4-membered cyclic amide) rings is 1. The predicted octanol–water partition coefficient (Wildman–Crippen LogP) is 4.11. The molecule has 1 aromatic rings. The maximum absolute atomic E-state index is 13.4. The largest absolute Gasteiger partial charge is 0.351 e. The Morgan fingerprint density at radius 2 is 1.62 bits per heavy atom. The Morgan fingerprint density at radius 3 is 2.27 bits per heavy atom. The number of benzene rings is 1. The van der Waals surface area contributed by atoms with Gasteiger partial charge in [-0.3, -0.25) is 9.59 Å². The first-order valence-corrected chi connectivity index (χ1v) is 10.4. The van der Waals surface area contributed by atoms with Crippen molar-refractivity contribution in [1.29, 1.82) is 0 Å². The van der Waals surface area contributed by atoms with E-state index in [9.17, 15) is 9.59 Å². The van der Waals surface area contributed by atoms with Crippen LogP contribution in [-0.2, 0) is 9.59 Å². The minimum Gasteiger partial charge on any atom is -0.351 e. The SMILES string of the molecule is O=C1CC(c2ccccc2)N1C1(C(=O)NC2CCCCC2)CCCCC1. The normalized spacial score (nSPS) is 26.2. The van der Waals surface area contributed by atoms with Crippen LogP contribution in [0.5, 0.6) is 0 Å². The van der Waals surface area contributed by atoms with E-state index in [1.54, 1.807) is 0 Å². The molecule has 3 fully saturated rings. The first kappa shape index (κ1) is 17.6. The molecule has 2 aliphatic carbocycles. The second kappa shape index (κ2) is 7.42. The molecule has 2 amide bonds. The summed E-state index contributed by atoms with van der Waals surface area (Å²) in [6, 6.07) is 10.6. The highest BCUT2D eigenvalue weighted by Crippen LogP contribution is 2.46. The average Bonchev–Trinajstić information content (AvgIpc) is 2.68. The molecule has 2 saturated carbocycles. The lowest BCUT2D eigenvalue weighted by molar-refractivity contribution is -0.168. The molecule has 0 aromatic heterocycles. The van der Waals surface area contributed by atoms with Crippen molar-refractivity contribution in [2.24, 2.45) is 0 Å². The molecule has 4 heteroatoms. The van der Waals surface area contributed by atoms with Gasteiger partial charge in [0.25, 0.3) is 0 Å². The third-order valence-electron chi connectivity index (χ3n) is 6.64. The average molecular weight is 354 g/mol. The van der Waals surface area contributed by atoms with E-state index < -0.39 is 5.54 Å². The quantitative estimate of drug-likeness (QED) is 0.827. The van der Waals surface area contributed by atoms with Crippen molar-refractivity contribution in [3.8, 4) is 0 Å². The van der Waals surface area contributed by atoms with Gasteiger partial charge in [0.1, 0.15) is 5.54 Å². The smallest absolute Gasteiger partial charge is 0.246 e. The number of amides is 2. The number of likely N-dealkylation sites (tertiary alicyclic amines) is 1. The molecule has 0 spiro atoms. The van der Waals surface area contributed by atoms with Gasteiger partial charge in [0, 0.05) is 6.04 Å². The lowest BCUT2D eigenvalue weighted by atomic mass is 9.74. The fourth-order valence-corrected chi connectivity index (χ4v) is 5.18. The van der Waals surface area contributed by atoms with Crippen LogP contribution in [0.4, 0.5) is 0 Å². The van der Waals surface area contributed by atoms with E-state index in [0.717, 1.165) is 50.5 Å². The summed E-state index contributed by atoms with van der Waals surface area (Å²) in [4.78, 5) is 28.0. The second-order valence-electron chi connectivity index (χ2n) is 8.29. The zero-order valence-corrected chi connectivity index (χ0v) is 15.6. The topological polar surface area (TPSA) is 49.4 Å². The molecular formula is C22H30N2O2. The standard InChI is InChI=1S/C22H30N2O2/c25-20-16-19(17-10-4-1-5-11-17)24(20)22(14-8-3-9-15-22)21(26)23-18-12-6-2-7-13-18/h1,4-5,10-11,18-19H,2-3,6-9,12-16H2,(H,23,26). The summed E-state index contributed by atoms with van der Waals surface area (Å²) in [5.41, 5.74) is 0.522. The maximum atomic E-state index is 13.4. The highest BCUT2D eigenvalue weighted by atomic mass is 16.2. The summed E-state index contributed by atoms with van der Waals surface area (Å²) in [6.45, 7) is 0. The van der Waals surface area contributed by atoms with Gasteiger partial charge in [-0.1, -0.05) is 68.9 Å². The molecular weight excluding hydrogens is 324 g/mol. The first-order valence-electron chi connectivity index (χ1n) is 10.4. The fourth-order valence-electron chi connectivity index (χ4n) is 5.18. The van der Waals surface area contributed by atoms with Crippen molar-refractivity contribution in [3.05, 3.63) is 35.9 Å². The van der Waals surface area contributed by atoms with Gasteiger partial charge in [-0.2, -0.15) is 0 Å². The van der Waals surface area contributed by atoms with E-state index in [-0.39, 0.29) is 17.9 Å². The highest BCUT2D eigenvalue weighted by molar-refractivity contribution is 5.95. The van der Waals surface area contributed by atoms with Gasteiger partial charge in [0.15, 0.2) is 0 Å². The van der Waals surface area contributed by atoms with Crippen LogP contribution < -0.4 is 5.32 Å². The molecule has 1 heterocycles. The number of hydrogen-bond donors (Lipinski definition) is 1. The van der Waals surface area contributed by atoms with Crippen molar-refractivity contribution in [2.45, 2.75) is 88.3 Å². The maximum Gasteiger partial charge on any atom is 0.246 e. The highest BCUT2D eigenvalue weighted by Gasteiger charge is 2.54. The van der Waals surface area contributed by atoms with E-state index in [0.29, 0.717) is 12.5 Å². The van der Waals surface area contributed by atoms with Crippen LogP contribution in [0.3, 0.4) is 0 Å². The Balaban J connectivity index is 1.58. The molecule has 1 saturated heterocycles. The van der Waals surface area contributed by atoms with E-state index >= 15 is 0 Å². The van der Waals surface area contributed by atoms with Crippen LogP contribution in [0.1, 0.15) is 82.2 Å². The van der Waals surface area contributed by atoms with E-state index in [1.165, 1.54) is 19.3 Å². The fraction of sp³-hybridized carbons (Fsp3) is 0.636. The Bertz CT molecular complexity index is 645. The second-order valence-corrected chi connectivity index (χ2v) is 8.29. The van der Waals surface area contributed by atoms with Crippen LogP contribution in [0, 0.1) is 0 Å². The minimum atomic E-state index is -0.633. The third kappa shape index (κ3) is 3.15. The number of hydrogen-bond acceptors (Lipinski definition) is 2.